The monoisotopic (exact) mass is 529 g/mol. The Morgan fingerprint density at radius 3 is 2.36 bits per heavy atom. The van der Waals surface area contributed by atoms with Gasteiger partial charge < -0.3 is 10.1 Å². The molecule has 0 radical (unpaired) electrons. The standard InChI is InChI=1S/C24H24ClN5O5S/c1-3-20-22(16-6-10-18(11-7-16)36(2,33)34)29-30(24(32)35-20)14-15-4-8-17(9-5-15)26-23(31)19-12-13-21(25)28-27-19/h4-13,20,22,29H,3,14H2,1-2H3,(H,26,31). The number of halogens is 1. The number of nitrogens with one attached hydrogen (secondary N) is 2. The second kappa shape index (κ2) is 10.6. The van der Waals surface area contributed by atoms with Gasteiger partial charge in [-0.2, -0.15) is 0 Å². The molecule has 10 nitrogen and oxygen atoms in total. The van der Waals surface area contributed by atoms with Gasteiger partial charge in [-0.1, -0.05) is 42.8 Å². The van der Waals surface area contributed by atoms with Gasteiger partial charge in [0.05, 0.1) is 17.5 Å². The molecule has 36 heavy (non-hydrogen) atoms. The predicted molar refractivity (Wildman–Crippen MR) is 133 cm³/mol. The lowest BCUT2D eigenvalue weighted by Crippen LogP contribution is -2.54. The van der Waals surface area contributed by atoms with E-state index >= 15 is 0 Å². The fraction of sp³-hybridized carbons (Fsp3) is 0.250. The number of carbonyl (C=O) groups is 2. The molecule has 1 fully saturated rings. The summed E-state index contributed by atoms with van der Waals surface area (Å²) in [4.78, 5) is 25.1. The molecule has 1 saturated heterocycles. The molecule has 0 spiro atoms. The zero-order chi connectivity index (χ0) is 25.9. The van der Waals surface area contributed by atoms with E-state index in [1.165, 1.54) is 17.1 Å². The van der Waals surface area contributed by atoms with Crippen molar-refractivity contribution in [2.24, 2.45) is 0 Å². The lowest BCUT2D eigenvalue weighted by molar-refractivity contribution is -0.0310. The van der Waals surface area contributed by atoms with Crippen molar-refractivity contribution in [1.29, 1.82) is 0 Å². The van der Waals surface area contributed by atoms with Gasteiger partial charge in [0.25, 0.3) is 5.91 Å². The highest BCUT2D eigenvalue weighted by Crippen LogP contribution is 2.28. The number of hydrogen-bond donors (Lipinski definition) is 2. The van der Waals surface area contributed by atoms with Gasteiger partial charge in [-0.15, -0.1) is 10.2 Å². The molecule has 188 valence electrons. The Bertz CT molecular complexity index is 1350. The molecule has 2 aromatic carbocycles. The molecule has 2 N–H and O–H groups in total. The van der Waals surface area contributed by atoms with E-state index in [1.54, 1.807) is 48.5 Å². The van der Waals surface area contributed by atoms with Gasteiger partial charge in [0.15, 0.2) is 20.7 Å². The maximum atomic E-state index is 12.6. The fourth-order valence-electron chi connectivity index (χ4n) is 3.71. The van der Waals surface area contributed by atoms with Crippen LogP contribution in [0.1, 0.15) is 41.0 Å². The van der Waals surface area contributed by atoms with Crippen LogP contribution >= 0.6 is 11.6 Å². The van der Waals surface area contributed by atoms with Crippen LogP contribution in [-0.2, 0) is 21.1 Å². The summed E-state index contributed by atoms with van der Waals surface area (Å²) in [7, 11) is -3.31. The lowest BCUT2D eigenvalue weighted by Gasteiger charge is -2.39. The van der Waals surface area contributed by atoms with Gasteiger partial charge in [0.1, 0.15) is 6.10 Å². The summed E-state index contributed by atoms with van der Waals surface area (Å²) < 4.78 is 29.2. The van der Waals surface area contributed by atoms with E-state index in [0.29, 0.717) is 12.1 Å². The van der Waals surface area contributed by atoms with E-state index < -0.39 is 27.9 Å². The Morgan fingerprint density at radius 1 is 1.08 bits per heavy atom. The number of benzene rings is 2. The minimum atomic E-state index is -3.31. The summed E-state index contributed by atoms with van der Waals surface area (Å²) in [5.41, 5.74) is 5.49. The van der Waals surface area contributed by atoms with Crippen LogP contribution in [0.25, 0.3) is 0 Å². The number of hydrogen-bond acceptors (Lipinski definition) is 8. The van der Waals surface area contributed by atoms with Crippen LogP contribution in [-0.4, -0.2) is 48.0 Å². The van der Waals surface area contributed by atoms with Crippen LogP contribution in [0.4, 0.5) is 10.5 Å². The molecule has 2 atom stereocenters. The first-order valence-corrected chi connectivity index (χ1v) is 13.3. The number of nitrogens with zero attached hydrogens (tertiary/aromatic N) is 3. The third-order valence-corrected chi connectivity index (χ3v) is 6.96. The van der Waals surface area contributed by atoms with E-state index in [4.69, 9.17) is 16.3 Å². The smallest absolute Gasteiger partial charge is 0.424 e. The minimum absolute atomic E-state index is 0.129. The van der Waals surface area contributed by atoms with Crippen LogP contribution in [0.2, 0.25) is 5.15 Å². The first kappa shape index (κ1) is 25.5. The molecule has 0 saturated carbocycles. The number of hydrazine groups is 1. The van der Waals surface area contributed by atoms with E-state index in [-0.39, 0.29) is 28.3 Å². The summed E-state index contributed by atoms with van der Waals surface area (Å²) in [5.74, 6) is -0.427. The van der Waals surface area contributed by atoms with E-state index in [1.807, 2.05) is 6.92 Å². The van der Waals surface area contributed by atoms with Gasteiger partial charge in [-0.25, -0.2) is 23.6 Å². The number of carbonyl (C=O) groups excluding carboxylic acids is 2. The highest BCUT2D eigenvalue weighted by atomic mass is 35.5. The maximum Gasteiger partial charge on any atom is 0.424 e. The van der Waals surface area contributed by atoms with Crippen molar-refractivity contribution in [3.05, 3.63) is 82.6 Å². The summed E-state index contributed by atoms with van der Waals surface area (Å²) in [6, 6.07) is 16.1. The molecule has 2 heterocycles. The van der Waals surface area contributed by atoms with Gasteiger partial charge in [-0.05, 0) is 53.9 Å². The molecular formula is C24H24ClN5O5S. The van der Waals surface area contributed by atoms with E-state index in [0.717, 1.165) is 17.4 Å². The molecule has 3 aromatic rings. The van der Waals surface area contributed by atoms with Gasteiger partial charge in [0.2, 0.25) is 0 Å². The molecule has 12 heteroatoms. The molecule has 1 aliphatic heterocycles. The van der Waals surface area contributed by atoms with Crippen LogP contribution < -0.4 is 10.7 Å². The van der Waals surface area contributed by atoms with Crippen molar-refractivity contribution < 1.29 is 22.7 Å². The fourth-order valence-corrected chi connectivity index (χ4v) is 4.45. The Hall–Kier alpha value is -3.54. The van der Waals surface area contributed by atoms with Crippen molar-refractivity contribution in [3.63, 3.8) is 0 Å². The zero-order valence-corrected chi connectivity index (χ0v) is 21.1. The van der Waals surface area contributed by atoms with E-state index in [2.05, 4.69) is 20.9 Å². The topological polar surface area (TPSA) is 131 Å². The van der Waals surface area contributed by atoms with E-state index in [9.17, 15) is 18.0 Å². The zero-order valence-electron chi connectivity index (χ0n) is 19.5. The largest absolute Gasteiger partial charge is 0.443 e. The number of cyclic esters (lactones) is 1. The minimum Gasteiger partial charge on any atom is -0.443 e. The second-order valence-electron chi connectivity index (χ2n) is 8.26. The quantitative estimate of drug-likeness (QED) is 0.473. The van der Waals surface area contributed by atoms with Crippen LogP contribution in [0, 0.1) is 0 Å². The Kier molecular flexibility index (Phi) is 7.53. The molecule has 2 unspecified atom stereocenters. The molecule has 1 aliphatic rings. The van der Waals surface area contributed by atoms with Crippen LogP contribution in [0.5, 0.6) is 0 Å². The Labute approximate surface area is 213 Å². The first-order chi connectivity index (χ1) is 17.1. The average molecular weight is 530 g/mol. The molecule has 1 aromatic heterocycles. The summed E-state index contributed by atoms with van der Waals surface area (Å²) in [5, 5.41) is 11.7. The average Bonchev–Trinajstić information content (AvgIpc) is 2.86. The molecule has 0 bridgehead atoms. The molecule has 0 aliphatic carbocycles. The predicted octanol–water partition coefficient (Wildman–Crippen LogP) is 3.76. The van der Waals surface area contributed by atoms with Gasteiger partial charge >= 0.3 is 6.09 Å². The number of amides is 2. The molecule has 4 rings (SSSR count). The number of sulfone groups is 1. The van der Waals surface area contributed by atoms with Crippen molar-refractivity contribution in [2.45, 2.75) is 36.9 Å². The number of rotatable bonds is 7. The highest BCUT2D eigenvalue weighted by molar-refractivity contribution is 7.90. The molecule has 2 amide bonds. The van der Waals surface area contributed by atoms with Crippen LogP contribution in [0.15, 0.2) is 65.6 Å². The third-order valence-electron chi connectivity index (χ3n) is 5.63. The van der Waals surface area contributed by atoms with Crippen molar-refractivity contribution in [1.82, 2.24) is 20.6 Å². The van der Waals surface area contributed by atoms with Gasteiger partial charge in [-0.3, -0.25) is 4.79 Å². The van der Waals surface area contributed by atoms with Crippen molar-refractivity contribution >= 4 is 39.1 Å². The lowest BCUT2D eigenvalue weighted by atomic mass is 9.99. The van der Waals surface area contributed by atoms with Crippen molar-refractivity contribution in [3.8, 4) is 0 Å². The SMILES string of the molecule is CCC1OC(=O)N(Cc2ccc(NC(=O)c3ccc(Cl)nn3)cc2)NC1c1ccc(S(C)(=O)=O)cc1. The van der Waals surface area contributed by atoms with Crippen molar-refractivity contribution in [2.75, 3.05) is 11.6 Å². The first-order valence-electron chi connectivity index (χ1n) is 11.1. The number of ether oxygens (including phenoxy) is 1. The summed E-state index contributed by atoms with van der Waals surface area (Å²) >= 11 is 5.70. The second-order valence-corrected chi connectivity index (χ2v) is 10.7. The maximum absolute atomic E-state index is 12.6. The van der Waals surface area contributed by atoms with Crippen LogP contribution in [0.3, 0.4) is 0 Å². The number of anilines is 1. The summed E-state index contributed by atoms with van der Waals surface area (Å²) in [6.07, 6.45) is 0.815. The Morgan fingerprint density at radius 2 is 1.78 bits per heavy atom. The molecular weight excluding hydrogens is 506 g/mol. The third kappa shape index (κ3) is 5.99. The Balaban J connectivity index is 1.44. The normalized spacial score (nSPS) is 18.0. The summed E-state index contributed by atoms with van der Waals surface area (Å²) in [6.45, 7) is 2.12. The van der Waals surface area contributed by atoms with Gasteiger partial charge in [0, 0.05) is 11.9 Å². The number of aromatic nitrogens is 2. The highest BCUT2D eigenvalue weighted by Gasteiger charge is 2.35.